The predicted molar refractivity (Wildman–Crippen MR) is 173 cm³/mol. The average molecular weight is 632 g/mol. The number of nitrogens with one attached hydrogen (secondary N) is 1. The lowest BCUT2D eigenvalue weighted by Gasteiger charge is -2.34. The molecule has 0 spiro atoms. The number of anilines is 1. The van der Waals surface area contributed by atoms with E-state index in [2.05, 4.69) is 5.32 Å². The van der Waals surface area contributed by atoms with Gasteiger partial charge in [0.1, 0.15) is 24.2 Å². The average Bonchev–Trinajstić information content (AvgIpc) is 3.06. The Bertz CT molecular complexity index is 1690. The van der Waals surface area contributed by atoms with Crippen LogP contribution in [0.1, 0.15) is 31.4 Å². The van der Waals surface area contributed by atoms with Gasteiger partial charge < -0.3 is 15.0 Å². The van der Waals surface area contributed by atoms with Crippen LogP contribution in [0.25, 0.3) is 0 Å². The van der Waals surface area contributed by atoms with Gasteiger partial charge in [0.05, 0.1) is 17.7 Å². The number of methoxy groups -OCH3 is 1. The fourth-order valence-electron chi connectivity index (χ4n) is 4.85. The van der Waals surface area contributed by atoms with Crippen molar-refractivity contribution in [2.75, 3.05) is 18.0 Å². The first-order valence-electron chi connectivity index (χ1n) is 14.7. The van der Waals surface area contributed by atoms with Gasteiger partial charge in [0.15, 0.2) is 0 Å². The Labute approximate surface area is 264 Å². The number of benzene rings is 4. The standard InChI is InChI=1S/C35H38FN3O5S/c1-4-26(2)37-35(41)33(23-27-14-7-5-8-15-27)38(24-28-16-13-17-29(22-28)44-3)34(40)25-39(32-21-12-11-20-31(32)36)45(42,43)30-18-9-6-10-19-30/h5-22,26,33H,4,23-25H2,1-3H3,(H,37,41). The molecule has 2 amide bonds. The quantitative estimate of drug-likeness (QED) is 0.196. The maximum Gasteiger partial charge on any atom is 0.264 e. The summed E-state index contributed by atoms with van der Waals surface area (Å²) >= 11 is 0. The lowest BCUT2D eigenvalue weighted by molar-refractivity contribution is -0.140. The number of carbonyl (C=O) groups excluding carboxylic acids is 2. The Morgan fingerprint density at radius 3 is 2.13 bits per heavy atom. The fraction of sp³-hybridized carbons (Fsp3) is 0.257. The monoisotopic (exact) mass is 631 g/mol. The zero-order chi connectivity index (χ0) is 32.4. The molecule has 2 unspecified atom stereocenters. The van der Waals surface area contributed by atoms with E-state index in [4.69, 9.17) is 4.74 Å². The van der Waals surface area contributed by atoms with Gasteiger partial charge in [-0.05, 0) is 60.9 Å². The molecule has 0 aliphatic rings. The molecule has 0 radical (unpaired) electrons. The van der Waals surface area contributed by atoms with E-state index in [-0.39, 0.29) is 35.5 Å². The molecular formula is C35H38FN3O5S. The lowest BCUT2D eigenvalue weighted by Crippen LogP contribution is -2.54. The highest BCUT2D eigenvalue weighted by atomic mass is 32.2. The van der Waals surface area contributed by atoms with Crippen LogP contribution in [0.5, 0.6) is 5.75 Å². The Balaban J connectivity index is 1.82. The van der Waals surface area contributed by atoms with E-state index in [9.17, 15) is 18.0 Å². The molecule has 0 heterocycles. The molecule has 0 aliphatic carbocycles. The van der Waals surface area contributed by atoms with Gasteiger partial charge in [-0.15, -0.1) is 0 Å². The number of hydrogen-bond acceptors (Lipinski definition) is 5. The zero-order valence-electron chi connectivity index (χ0n) is 25.6. The third-order valence-corrected chi connectivity index (χ3v) is 9.26. The number of amides is 2. The SMILES string of the molecule is CCC(C)NC(=O)C(Cc1ccccc1)N(Cc1cccc(OC)c1)C(=O)CN(c1ccccc1F)S(=O)(=O)c1ccccc1. The molecule has 4 aromatic rings. The topological polar surface area (TPSA) is 96.0 Å². The summed E-state index contributed by atoms with van der Waals surface area (Å²) in [6.07, 6.45) is 0.841. The van der Waals surface area contributed by atoms with Crippen molar-refractivity contribution in [1.82, 2.24) is 10.2 Å². The zero-order valence-corrected chi connectivity index (χ0v) is 26.4. The second-order valence-electron chi connectivity index (χ2n) is 10.7. The van der Waals surface area contributed by atoms with Gasteiger partial charge in [0, 0.05) is 19.0 Å². The van der Waals surface area contributed by atoms with Crippen molar-refractivity contribution in [1.29, 1.82) is 0 Å². The van der Waals surface area contributed by atoms with Crippen molar-refractivity contribution in [3.63, 3.8) is 0 Å². The van der Waals surface area contributed by atoms with Crippen molar-refractivity contribution in [3.05, 3.63) is 126 Å². The lowest BCUT2D eigenvalue weighted by atomic mass is 10.0. The number of nitrogens with zero attached hydrogens (tertiary/aromatic N) is 2. The van der Waals surface area contributed by atoms with Crippen LogP contribution >= 0.6 is 0 Å². The summed E-state index contributed by atoms with van der Waals surface area (Å²) in [7, 11) is -2.86. The third kappa shape index (κ3) is 8.48. The molecule has 45 heavy (non-hydrogen) atoms. The third-order valence-electron chi connectivity index (χ3n) is 7.49. The molecular weight excluding hydrogens is 593 g/mol. The van der Waals surface area contributed by atoms with E-state index in [1.54, 1.807) is 42.5 Å². The summed E-state index contributed by atoms with van der Waals surface area (Å²) in [5.74, 6) is -1.31. The summed E-state index contributed by atoms with van der Waals surface area (Å²) in [4.78, 5) is 29.6. The summed E-state index contributed by atoms with van der Waals surface area (Å²) in [6, 6.07) is 28.1. The van der Waals surface area contributed by atoms with E-state index in [0.717, 1.165) is 15.9 Å². The molecule has 2 atom stereocenters. The van der Waals surface area contributed by atoms with Gasteiger partial charge in [0.25, 0.3) is 10.0 Å². The number of halogens is 1. The highest BCUT2D eigenvalue weighted by Gasteiger charge is 2.35. The largest absolute Gasteiger partial charge is 0.497 e. The minimum absolute atomic E-state index is 0.0298. The molecule has 4 rings (SSSR count). The number of sulfonamides is 1. The summed E-state index contributed by atoms with van der Waals surface area (Å²) in [6.45, 7) is 3.04. The van der Waals surface area contributed by atoms with Gasteiger partial charge in [-0.3, -0.25) is 13.9 Å². The molecule has 1 N–H and O–H groups in total. The fourth-order valence-corrected chi connectivity index (χ4v) is 6.29. The minimum atomic E-state index is -4.39. The van der Waals surface area contributed by atoms with Crippen LogP contribution in [0.2, 0.25) is 0 Å². The van der Waals surface area contributed by atoms with E-state index in [0.29, 0.717) is 17.7 Å². The van der Waals surface area contributed by atoms with Crippen LogP contribution in [0.3, 0.4) is 0 Å². The van der Waals surface area contributed by atoms with Crippen LogP contribution in [0, 0.1) is 5.82 Å². The number of hydrogen-bond donors (Lipinski definition) is 1. The summed E-state index contributed by atoms with van der Waals surface area (Å²) < 4.78 is 49.3. The van der Waals surface area contributed by atoms with Gasteiger partial charge >= 0.3 is 0 Å². The van der Waals surface area contributed by atoms with Gasteiger partial charge in [0.2, 0.25) is 11.8 Å². The summed E-state index contributed by atoms with van der Waals surface area (Å²) in [5, 5.41) is 2.99. The summed E-state index contributed by atoms with van der Waals surface area (Å²) in [5.41, 5.74) is 1.20. The molecule has 0 saturated carbocycles. The number of carbonyl (C=O) groups is 2. The molecule has 0 aromatic heterocycles. The van der Waals surface area contributed by atoms with Crippen molar-refractivity contribution >= 4 is 27.5 Å². The highest BCUT2D eigenvalue weighted by molar-refractivity contribution is 7.92. The van der Waals surface area contributed by atoms with E-state index in [1.165, 1.54) is 42.3 Å². The van der Waals surface area contributed by atoms with Gasteiger partial charge in [-0.2, -0.15) is 0 Å². The number of ether oxygens (including phenoxy) is 1. The molecule has 8 nitrogen and oxygen atoms in total. The van der Waals surface area contributed by atoms with Gasteiger partial charge in [-0.1, -0.05) is 79.7 Å². The van der Waals surface area contributed by atoms with Gasteiger partial charge in [-0.25, -0.2) is 12.8 Å². The maximum absolute atomic E-state index is 15.2. The molecule has 10 heteroatoms. The highest BCUT2D eigenvalue weighted by Crippen LogP contribution is 2.27. The van der Waals surface area contributed by atoms with Crippen molar-refractivity contribution in [2.45, 2.75) is 50.2 Å². The molecule has 236 valence electrons. The maximum atomic E-state index is 15.2. The first-order chi connectivity index (χ1) is 21.6. The predicted octanol–water partition coefficient (Wildman–Crippen LogP) is 5.58. The second kappa shape index (κ2) is 15.3. The smallest absolute Gasteiger partial charge is 0.264 e. The Morgan fingerprint density at radius 2 is 1.49 bits per heavy atom. The first-order valence-corrected chi connectivity index (χ1v) is 16.2. The Morgan fingerprint density at radius 1 is 0.867 bits per heavy atom. The number of para-hydroxylation sites is 1. The van der Waals surface area contributed by atoms with E-state index in [1.807, 2.05) is 44.2 Å². The second-order valence-corrected chi connectivity index (χ2v) is 12.5. The van der Waals surface area contributed by atoms with Crippen LogP contribution in [-0.4, -0.2) is 50.9 Å². The molecule has 0 saturated heterocycles. The molecule has 0 fully saturated rings. The van der Waals surface area contributed by atoms with Crippen LogP contribution < -0.4 is 14.4 Å². The van der Waals surface area contributed by atoms with E-state index >= 15 is 4.39 Å². The van der Waals surface area contributed by atoms with Crippen molar-refractivity contribution in [2.24, 2.45) is 0 Å². The van der Waals surface area contributed by atoms with Crippen molar-refractivity contribution < 1.29 is 27.1 Å². The van der Waals surface area contributed by atoms with Crippen LogP contribution in [0.4, 0.5) is 10.1 Å². The Kier molecular flexibility index (Phi) is 11.3. The van der Waals surface area contributed by atoms with Crippen LogP contribution in [0.15, 0.2) is 114 Å². The molecule has 4 aromatic carbocycles. The van der Waals surface area contributed by atoms with Crippen molar-refractivity contribution in [3.8, 4) is 5.75 Å². The number of rotatable bonds is 14. The minimum Gasteiger partial charge on any atom is -0.497 e. The van der Waals surface area contributed by atoms with Crippen LogP contribution in [-0.2, 0) is 32.6 Å². The normalized spacial score (nSPS) is 12.5. The Hall–Kier alpha value is -4.70. The first kappa shape index (κ1) is 33.2. The molecule has 0 bridgehead atoms. The van der Waals surface area contributed by atoms with E-state index < -0.39 is 34.3 Å². The molecule has 0 aliphatic heterocycles.